The first-order valence-corrected chi connectivity index (χ1v) is 6.48. The van der Waals surface area contributed by atoms with Crippen molar-refractivity contribution in [3.63, 3.8) is 0 Å². The van der Waals surface area contributed by atoms with Gasteiger partial charge in [0.15, 0.2) is 0 Å². The number of hydrogen-bond acceptors (Lipinski definition) is 3. The first-order valence-electron chi connectivity index (χ1n) is 4.47. The van der Waals surface area contributed by atoms with Crippen LogP contribution in [-0.4, -0.2) is 25.5 Å². The molecule has 0 aromatic carbocycles. The van der Waals surface area contributed by atoms with Crippen LogP contribution < -0.4 is 0 Å². The minimum absolute atomic E-state index is 0.381. The van der Waals surface area contributed by atoms with Crippen molar-refractivity contribution in [1.29, 1.82) is 0 Å². The van der Waals surface area contributed by atoms with Gasteiger partial charge in [-0.15, -0.1) is 0 Å². The highest BCUT2D eigenvalue weighted by atomic mass is 28.4. The minimum Gasteiger partial charge on any atom is -0.390 e. The summed E-state index contributed by atoms with van der Waals surface area (Å²) in [6.07, 6.45) is 9.97. The maximum atomic E-state index is 9.28. The fourth-order valence-corrected chi connectivity index (χ4v) is 2.27. The number of rotatable bonds is 4. The lowest BCUT2D eigenvalue weighted by atomic mass is 9.98. The maximum Gasteiger partial charge on any atom is 0.495 e. The van der Waals surface area contributed by atoms with E-state index in [1.54, 1.807) is 0 Å². The molecule has 2 N–H and O–H groups in total. The van der Waals surface area contributed by atoms with Crippen LogP contribution in [-0.2, 0) is 4.43 Å². The van der Waals surface area contributed by atoms with Gasteiger partial charge in [0.2, 0.25) is 0 Å². The molecule has 0 aliphatic heterocycles. The van der Waals surface area contributed by atoms with Crippen molar-refractivity contribution < 1.29 is 14.0 Å². The van der Waals surface area contributed by atoms with E-state index in [1.807, 2.05) is 12.2 Å². The van der Waals surface area contributed by atoms with E-state index in [0.717, 1.165) is 12.8 Å². The van der Waals surface area contributed by atoms with Gasteiger partial charge in [0, 0.05) is 13.2 Å². The fourth-order valence-electron chi connectivity index (χ4n) is 1.32. The lowest BCUT2D eigenvalue weighted by Crippen LogP contribution is -2.37. The van der Waals surface area contributed by atoms with Crippen LogP contribution in [0.15, 0.2) is 24.3 Å². The first kappa shape index (κ1) is 10.7. The fraction of sp³-hybridized carbons (Fsp3) is 0.556. The second-order valence-electron chi connectivity index (χ2n) is 3.29. The van der Waals surface area contributed by atoms with Crippen molar-refractivity contribution in [2.45, 2.75) is 18.9 Å². The van der Waals surface area contributed by atoms with Crippen LogP contribution in [0.4, 0.5) is 0 Å². The molecule has 0 spiro atoms. The van der Waals surface area contributed by atoms with Crippen LogP contribution in [0.3, 0.4) is 0 Å². The monoisotopic (exact) mass is 200 g/mol. The van der Waals surface area contributed by atoms with Gasteiger partial charge in [0.05, 0.1) is 0 Å². The van der Waals surface area contributed by atoms with Gasteiger partial charge in [-0.05, 0) is 18.8 Å². The lowest BCUT2D eigenvalue weighted by molar-refractivity contribution is 0.182. The molecule has 0 aromatic heterocycles. The van der Waals surface area contributed by atoms with E-state index in [4.69, 9.17) is 0 Å². The lowest BCUT2D eigenvalue weighted by Gasteiger charge is -2.18. The van der Waals surface area contributed by atoms with Gasteiger partial charge in [-0.25, -0.2) is 0 Å². The third kappa shape index (κ3) is 3.86. The van der Waals surface area contributed by atoms with E-state index in [1.165, 1.54) is 7.11 Å². The van der Waals surface area contributed by atoms with Crippen molar-refractivity contribution >= 4 is 8.80 Å². The van der Waals surface area contributed by atoms with Gasteiger partial charge < -0.3 is 14.0 Å². The second kappa shape index (κ2) is 4.71. The number of allylic oxidation sites excluding steroid dienone is 4. The molecule has 1 rings (SSSR count). The zero-order valence-electron chi connectivity index (χ0n) is 7.81. The van der Waals surface area contributed by atoms with Gasteiger partial charge in [0.25, 0.3) is 0 Å². The Kier molecular flexibility index (Phi) is 3.86. The molecule has 0 amide bonds. The van der Waals surface area contributed by atoms with Gasteiger partial charge in [-0.3, -0.25) is 0 Å². The Hall–Kier alpha value is -0.423. The summed E-state index contributed by atoms with van der Waals surface area (Å²) >= 11 is 0. The second-order valence-corrected chi connectivity index (χ2v) is 5.69. The van der Waals surface area contributed by atoms with Crippen LogP contribution in [0.1, 0.15) is 12.8 Å². The van der Waals surface area contributed by atoms with Crippen molar-refractivity contribution in [3.05, 3.63) is 24.3 Å². The van der Waals surface area contributed by atoms with Crippen molar-refractivity contribution in [3.8, 4) is 0 Å². The van der Waals surface area contributed by atoms with E-state index in [0.29, 0.717) is 12.0 Å². The van der Waals surface area contributed by atoms with Gasteiger partial charge >= 0.3 is 8.80 Å². The van der Waals surface area contributed by atoms with Crippen LogP contribution in [0, 0.1) is 5.92 Å². The molecule has 4 heteroatoms. The molecule has 1 aliphatic carbocycles. The molecule has 0 saturated heterocycles. The molecule has 0 bridgehead atoms. The predicted octanol–water partition coefficient (Wildman–Crippen LogP) is 1.08. The first-order chi connectivity index (χ1) is 6.14. The highest BCUT2D eigenvalue weighted by molar-refractivity contribution is 6.57. The Morgan fingerprint density at radius 3 is 2.77 bits per heavy atom. The van der Waals surface area contributed by atoms with E-state index in [-0.39, 0.29) is 0 Å². The van der Waals surface area contributed by atoms with E-state index in [9.17, 15) is 9.59 Å². The molecule has 3 nitrogen and oxygen atoms in total. The van der Waals surface area contributed by atoms with Crippen LogP contribution in [0.2, 0.25) is 6.04 Å². The van der Waals surface area contributed by atoms with Crippen LogP contribution >= 0.6 is 0 Å². The Labute approximate surface area is 79.7 Å². The standard InChI is InChI=1S/C9H16O3Si/c1-12-13(10,11)8-7-9-5-3-2-4-6-9/h2-5,9-11H,6-8H2,1H3. The van der Waals surface area contributed by atoms with Crippen LogP contribution in [0.25, 0.3) is 0 Å². The topological polar surface area (TPSA) is 49.7 Å². The normalized spacial score (nSPS) is 22.2. The SMILES string of the molecule is CO[Si](O)(O)CCC1C=CC=CC1. The third-order valence-corrected chi connectivity index (χ3v) is 3.83. The Morgan fingerprint density at radius 2 is 2.23 bits per heavy atom. The molecular weight excluding hydrogens is 184 g/mol. The van der Waals surface area contributed by atoms with Gasteiger partial charge in [-0.1, -0.05) is 24.3 Å². The quantitative estimate of drug-likeness (QED) is 0.668. The predicted molar refractivity (Wildman–Crippen MR) is 53.0 cm³/mol. The van der Waals surface area contributed by atoms with E-state index >= 15 is 0 Å². The van der Waals surface area contributed by atoms with Crippen LogP contribution in [0.5, 0.6) is 0 Å². The minimum atomic E-state index is -3.32. The van der Waals surface area contributed by atoms with E-state index < -0.39 is 8.80 Å². The summed E-state index contributed by atoms with van der Waals surface area (Å²) in [4.78, 5) is 18.6. The largest absolute Gasteiger partial charge is 0.495 e. The summed E-state index contributed by atoms with van der Waals surface area (Å²) in [6.45, 7) is 0. The Morgan fingerprint density at radius 1 is 1.46 bits per heavy atom. The molecule has 0 fully saturated rings. The summed E-state index contributed by atoms with van der Waals surface area (Å²) < 4.78 is 4.64. The van der Waals surface area contributed by atoms with Crippen molar-refractivity contribution in [2.24, 2.45) is 5.92 Å². The Bertz CT molecular complexity index is 211. The smallest absolute Gasteiger partial charge is 0.390 e. The molecule has 74 valence electrons. The summed E-state index contributed by atoms with van der Waals surface area (Å²) in [7, 11) is -1.97. The van der Waals surface area contributed by atoms with Gasteiger partial charge in [-0.2, -0.15) is 0 Å². The molecule has 0 heterocycles. The summed E-state index contributed by atoms with van der Waals surface area (Å²) in [5.41, 5.74) is 0. The summed E-state index contributed by atoms with van der Waals surface area (Å²) in [5, 5.41) is 0. The average molecular weight is 200 g/mol. The Balaban J connectivity index is 2.26. The molecule has 0 radical (unpaired) electrons. The molecule has 0 aromatic rings. The molecule has 1 unspecified atom stereocenters. The van der Waals surface area contributed by atoms with Crippen molar-refractivity contribution in [1.82, 2.24) is 0 Å². The zero-order valence-corrected chi connectivity index (χ0v) is 8.81. The van der Waals surface area contributed by atoms with E-state index in [2.05, 4.69) is 16.6 Å². The zero-order chi connectivity index (χ0) is 9.73. The third-order valence-electron chi connectivity index (χ3n) is 2.24. The summed E-state index contributed by atoms with van der Waals surface area (Å²) in [6, 6.07) is 0.381. The average Bonchev–Trinajstić information content (AvgIpc) is 2.17. The summed E-state index contributed by atoms with van der Waals surface area (Å²) in [5.74, 6) is 0.436. The molecule has 0 saturated carbocycles. The van der Waals surface area contributed by atoms with Gasteiger partial charge in [0.1, 0.15) is 0 Å². The molecule has 1 atom stereocenters. The number of hydrogen-bond donors (Lipinski definition) is 2. The maximum absolute atomic E-state index is 9.28. The highest BCUT2D eigenvalue weighted by Crippen LogP contribution is 2.20. The van der Waals surface area contributed by atoms with Crippen molar-refractivity contribution in [2.75, 3.05) is 7.11 Å². The molecule has 1 aliphatic rings. The molecular formula is C9H16O3Si. The molecule has 13 heavy (non-hydrogen) atoms. The highest BCUT2D eigenvalue weighted by Gasteiger charge is 2.30.